The number of benzene rings is 1. The van der Waals surface area contributed by atoms with Crippen molar-refractivity contribution in [2.24, 2.45) is 4.99 Å². The van der Waals surface area contributed by atoms with Gasteiger partial charge >= 0.3 is 0 Å². The number of carbonyl (C=O) groups is 4. The van der Waals surface area contributed by atoms with Crippen LogP contribution in [0.25, 0.3) is 10.9 Å². The lowest BCUT2D eigenvalue weighted by molar-refractivity contribution is -0.129. The van der Waals surface area contributed by atoms with Crippen molar-refractivity contribution in [3.63, 3.8) is 0 Å². The van der Waals surface area contributed by atoms with Gasteiger partial charge in [0.2, 0.25) is 23.6 Å². The van der Waals surface area contributed by atoms with Gasteiger partial charge in [0, 0.05) is 63.1 Å². The van der Waals surface area contributed by atoms with E-state index in [1.807, 2.05) is 24.4 Å². The Balaban J connectivity index is 1.37. The second kappa shape index (κ2) is 65.8. The molecule has 2 aromatic rings. The van der Waals surface area contributed by atoms with Crippen molar-refractivity contribution in [1.82, 2.24) is 26.3 Å². The fourth-order valence-electron chi connectivity index (χ4n) is 7.84. The number of methoxy groups -OCH3 is 1. The maximum Gasteiger partial charge on any atom is 0.242 e. The smallest absolute Gasteiger partial charge is 0.242 e. The highest BCUT2D eigenvalue weighted by molar-refractivity contribution is 7.78. The zero-order valence-electron chi connectivity index (χ0n) is 54.0. The second-order valence-electron chi connectivity index (χ2n) is 19.7. The molecule has 0 spiro atoms. The van der Waals surface area contributed by atoms with Gasteiger partial charge in [0.15, 0.2) is 0 Å². The van der Waals surface area contributed by atoms with E-state index in [9.17, 15) is 19.2 Å². The fraction of sp³-hybridized carbons (Fsp3) is 0.790. The monoisotopic (exact) mass is 1320 g/mol. The van der Waals surface area contributed by atoms with E-state index in [1.165, 1.54) is 0 Å². The summed E-state index contributed by atoms with van der Waals surface area (Å²) in [5.74, 6) is -0.728. The van der Waals surface area contributed by atoms with Gasteiger partial charge in [-0.1, -0.05) is 18.2 Å². The number of nitrogens with zero attached hydrogens (tertiary/aromatic N) is 1. The summed E-state index contributed by atoms with van der Waals surface area (Å²) in [5.41, 5.74) is 2.20. The first kappa shape index (κ1) is 82.8. The Hall–Kier alpha value is -4.28. The SMILES string of the molecule is COCCOCCOCCOCCOCCOCCNC(=O)CCOCCOCCOCCOCCOCCOCCOCCOCCNC(=O)C(CCCCNC(=O)CCOCCOCCOCCOCCN=C=S)NC(=O)CCCc1c[nH]c2ccccc12. The average molecular weight is 1320 g/mol. The molecule has 0 saturated carbocycles. The highest BCUT2D eigenvalue weighted by Crippen LogP contribution is 2.19. The van der Waals surface area contributed by atoms with Crippen molar-refractivity contribution >= 4 is 51.9 Å². The summed E-state index contributed by atoms with van der Waals surface area (Å²) >= 11 is 4.50. The summed E-state index contributed by atoms with van der Waals surface area (Å²) in [6.07, 6.45) is 5.71. The van der Waals surface area contributed by atoms with Gasteiger partial charge in [-0.15, -0.1) is 0 Å². The largest absolute Gasteiger partial charge is 0.382 e. The van der Waals surface area contributed by atoms with E-state index < -0.39 is 6.04 Å². The predicted molar refractivity (Wildman–Crippen MR) is 341 cm³/mol. The molecular formula is C62H108N6O22S. The molecule has 91 heavy (non-hydrogen) atoms. The van der Waals surface area contributed by atoms with Crippen LogP contribution >= 0.6 is 12.2 Å². The van der Waals surface area contributed by atoms with Crippen LogP contribution in [0.15, 0.2) is 35.5 Å². The number of aryl methyl sites for hydroxylation is 1. The number of amides is 4. The summed E-state index contributed by atoms with van der Waals surface area (Å²) in [5, 5.41) is 14.9. The molecular weight excluding hydrogens is 1210 g/mol. The van der Waals surface area contributed by atoms with Crippen LogP contribution in [0, 0.1) is 0 Å². The van der Waals surface area contributed by atoms with Gasteiger partial charge in [-0.2, -0.15) is 0 Å². The molecule has 2 rings (SSSR count). The molecule has 0 aliphatic rings. The van der Waals surface area contributed by atoms with E-state index in [0.29, 0.717) is 263 Å². The minimum absolute atomic E-state index is 0.107. The van der Waals surface area contributed by atoms with Crippen molar-refractivity contribution in [2.75, 3.05) is 265 Å². The third kappa shape index (κ3) is 54.8. The van der Waals surface area contributed by atoms with E-state index in [1.54, 1.807) is 7.11 Å². The maximum absolute atomic E-state index is 13.3. The molecule has 1 unspecified atom stereocenters. The second-order valence-corrected chi connectivity index (χ2v) is 19.9. The quantitative estimate of drug-likeness (QED) is 0.0360. The number of para-hydroxylation sites is 1. The zero-order valence-corrected chi connectivity index (χ0v) is 54.9. The molecule has 0 bridgehead atoms. The minimum Gasteiger partial charge on any atom is -0.382 e. The Morgan fingerprint density at radius 2 is 0.802 bits per heavy atom. The van der Waals surface area contributed by atoms with Crippen LogP contribution in [0.3, 0.4) is 0 Å². The Kier molecular flexibility index (Phi) is 59.9. The summed E-state index contributed by atoms with van der Waals surface area (Å²) in [6.45, 7) is 16.5. The summed E-state index contributed by atoms with van der Waals surface area (Å²) < 4.78 is 98.2. The van der Waals surface area contributed by atoms with E-state index in [0.717, 1.165) is 22.9 Å². The van der Waals surface area contributed by atoms with Gasteiger partial charge in [-0.05, 0) is 56.0 Å². The van der Waals surface area contributed by atoms with Crippen molar-refractivity contribution in [3.8, 4) is 0 Å². The number of aliphatic imine (C=N–C) groups is 1. The standard InChI is InChI=1S/C62H108N6O22S/c1-73-23-24-79-35-36-85-45-46-87-43-40-83-33-28-77-21-16-65-60(70)13-19-75-26-31-81-38-42-86-47-49-89-51-52-90-50-48-88-44-41-84-34-29-78-22-17-66-62(72)58(68-61(71)11-6-7-55-53-67-57-9-3-2-8-56(55)57)10-4-5-14-64-59(69)12-18-74-25-30-80-37-39-82-32-27-76-20-15-63-54-91/h2-3,8-9,53,58,67H,4-7,10-52H2,1H3,(H,64,69)(H,65,70)(H,66,72)(H,68,71). The van der Waals surface area contributed by atoms with Gasteiger partial charge in [0.1, 0.15) is 6.04 Å². The molecule has 0 saturated heterocycles. The molecule has 0 radical (unpaired) electrons. The molecule has 5 N–H and O–H groups in total. The van der Waals surface area contributed by atoms with E-state index in [-0.39, 0.29) is 62.6 Å². The maximum atomic E-state index is 13.3. The lowest BCUT2D eigenvalue weighted by Gasteiger charge is -2.19. The summed E-state index contributed by atoms with van der Waals surface area (Å²) in [7, 11) is 1.63. The molecule has 524 valence electrons. The van der Waals surface area contributed by atoms with E-state index >= 15 is 0 Å². The fourth-order valence-corrected chi connectivity index (χ4v) is 7.93. The van der Waals surface area contributed by atoms with Crippen molar-refractivity contribution in [2.45, 2.75) is 57.4 Å². The number of hydrogen-bond acceptors (Lipinski definition) is 24. The van der Waals surface area contributed by atoms with Gasteiger partial charge in [0.05, 0.1) is 243 Å². The highest BCUT2D eigenvalue weighted by atomic mass is 32.1. The van der Waals surface area contributed by atoms with Crippen LogP contribution in [0.1, 0.15) is 50.5 Å². The van der Waals surface area contributed by atoms with Crippen LogP contribution in [0.4, 0.5) is 0 Å². The van der Waals surface area contributed by atoms with Crippen molar-refractivity contribution in [1.29, 1.82) is 0 Å². The third-order valence-electron chi connectivity index (χ3n) is 12.5. The molecule has 1 aromatic heterocycles. The van der Waals surface area contributed by atoms with Gasteiger partial charge in [-0.25, -0.2) is 4.99 Å². The number of fused-ring (bicyclic) bond motifs is 1. The molecule has 1 aromatic carbocycles. The number of isothiocyanates is 1. The van der Waals surface area contributed by atoms with Crippen LogP contribution in [-0.4, -0.2) is 304 Å². The molecule has 4 amide bonds. The number of nitrogens with one attached hydrogen (secondary N) is 5. The van der Waals surface area contributed by atoms with Gasteiger partial charge in [-0.3, -0.25) is 19.2 Å². The van der Waals surface area contributed by atoms with Crippen LogP contribution < -0.4 is 21.3 Å². The lowest BCUT2D eigenvalue weighted by atomic mass is 10.1. The highest BCUT2D eigenvalue weighted by Gasteiger charge is 2.20. The van der Waals surface area contributed by atoms with E-state index in [4.69, 9.17) is 85.3 Å². The lowest BCUT2D eigenvalue weighted by Crippen LogP contribution is -2.47. The Morgan fingerprint density at radius 3 is 1.23 bits per heavy atom. The first-order valence-corrected chi connectivity index (χ1v) is 32.3. The number of ether oxygens (including phenoxy) is 18. The van der Waals surface area contributed by atoms with Crippen molar-refractivity contribution in [3.05, 3.63) is 36.0 Å². The number of aromatic nitrogens is 1. The van der Waals surface area contributed by atoms with Gasteiger partial charge in [0.25, 0.3) is 0 Å². The number of aromatic amines is 1. The topological polar surface area (TPSA) is 311 Å². The zero-order chi connectivity index (χ0) is 65.1. The van der Waals surface area contributed by atoms with Crippen molar-refractivity contribution < 1.29 is 104 Å². The molecule has 0 aliphatic carbocycles. The van der Waals surface area contributed by atoms with Crippen LogP contribution in [0.5, 0.6) is 0 Å². The summed E-state index contributed by atoms with van der Waals surface area (Å²) in [4.78, 5) is 57.8. The minimum atomic E-state index is -0.735. The molecule has 29 heteroatoms. The number of H-pyrrole nitrogens is 1. The first-order valence-electron chi connectivity index (χ1n) is 31.9. The predicted octanol–water partition coefficient (Wildman–Crippen LogP) is 2.31. The van der Waals surface area contributed by atoms with Crippen LogP contribution in [-0.2, 0) is 111 Å². The molecule has 1 atom stereocenters. The Morgan fingerprint density at radius 1 is 0.429 bits per heavy atom. The molecule has 0 fully saturated rings. The number of carbonyl (C=O) groups excluding carboxylic acids is 4. The van der Waals surface area contributed by atoms with Crippen LogP contribution in [0.2, 0.25) is 0 Å². The Bertz CT molecular complexity index is 2050. The van der Waals surface area contributed by atoms with E-state index in [2.05, 4.69) is 54.7 Å². The van der Waals surface area contributed by atoms with Gasteiger partial charge < -0.3 is 112 Å². The number of thiocarbonyl (C=S) groups is 1. The Labute approximate surface area is 543 Å². The molecule has 0 aliphatic heterocycles. The number of unbranched alkanes of at least 4 members (excludes halogenated alkanes) is 1. The molecule has 1 heterocycles. The number of hydrogen-bond donors (Lipinski definition) is 5. The molecule has 28 nitrogen and oxygen atoms in total. The summed E-state index contributed by atoms with van der Waals surface area (Å²) in [6, 6.07) is 7.32. The normalized spacial score (nSPS) is 11.7. The third-order valence-corrected chi connectivity index (χ3v) is 12.7. The average Bonchev–Trinajstić information content (AvgIpc) is 1.92. The first-order chi connectivity index (χ1) is 44.9. The number of rotatable bonds is 71.